The molecule has 0 aromatic heterocycles. The number of ether oxygens (including phenoxy) is 1. The molecule has 1 N–H and O–H groups in total. The summed E-state index contributed by atoms with van der Waals surface area (Å²) in [6, 6.07) is 7.67. The number of benzene rings is 1. The molecule has 2 heterocycles. The molecule has 0 radical (unpaired) electrons. The van der Waals surface area contributed by atoms with E-state index in [1.165, 1.54) is 0 Å². The number of carbonyl (C=O) groups excluding carboxylic acids is 1. The first-order valence-electron chi connectivity index (χ1n) is 6.60. The van der Waals surface area contributed by atoms with Gasteiger partial charge in [0.25, 0.3) is 5.91 Å². The van der Waals surface area contributed by atoms with Gasteiger partial charge in [-0.05, 0) is 6.07 Å². The summed E-state index contributed by atoms with van der Waals surface area (Å²) in [5.41, 5.74) is 2.33. The number of hydrogen-bond donors (Lipinski definition) is 1. The van der Waals surface area contributed by atoms with Crippen molar-refractivity contribution in [2.75, 3.05) is 44.7 Å². The maximum Gasteiger partial charge on any atom is 0.274 e. The van der Waals surface area contributed by atoms with E-state index in [2.05, 4.69) is 15.2 Å². The molecule has 0 unspecified atom stereocenters. The van der Waals surface area contributed by atoms with Crippen molar-refractivity contribution in [2.45, 2.75) is 0 Å². The van der Waals surface area contributed by atoms with Crippen molar-refractivity contribution in [2.24, 2.45) is 4.99 Å². The zero-order valence-corrected chi connectivity index (χ0v) is 10.8. The Kier molecular flexibility index (Phi) is 3.57. The Bertz CT molecular complexity index is 507. The van der Waals surface area contributed by atoms with Gasteiger partial charge in [0, 0.05) is 25.2 Å². The van der Waals surface area contributed by atoms with Gasteiger partial charge in [-0.15, -0.1) is 0 Å². The third-order valence-electron chi connectivity index (χ3n) is 3.44. The van der Waals surface area contributed by atoms with Crippen LogP contribution in [0.25, 0.3) is 0 Å². The first-order valence-corrected chi connectivity index (χ1v) is 6.60. The number of nitrogens with zero attached hydrogens (tertiary/aromatic N) is 2. The van der Waals surface area contributed by atoms with E-state index in [1.54, 1.807) is 0 Å². The van der Waals surface area contributed by atoms with Gasteiger partial charge in [0.1, 0.15) is 5.71 Å². The summed E-state index contributed by atoms with van der Waals surface area (Å²) in [6.45, 7) is 5.01. The van der Waals surface area contributed by atoms with Crippen LogP contribution in [0.2, 0.25) is 0 Å². The lowest BCUT2D eigenvalue weighted by Gasteiger charge is -2.25. The summed E-state index contributed by atoms with van der Waals surface area (Å²) in [6.07, 6.45) is 0. The molecule has 0 spiro atoms. The second-order valence-electron chi connectivity index (χ2n) is 4.68. The number of fused-ring (bicyclic) bond motifs is 1. The Hall–Kier alpha value is -1.72. The number of nitrogens with one attached hydrogen (secondary N) is 1. The topological polar surface area (TPSA) is 53.9 Å². The number of anilines is 1. The summed E-state index contributed by atoms with van der Waals surface area (Å²) < 4.78 is 5.30. The van der Waals surface area contributed by atoms with Gasteiger partial charge in [0.05, 0.1) is 25.4 Å². The smallest absolute Gasteiger partial charge is 0.274 e. The van der Waals surface area contributed by atoms with Crippen LogP contribution < -0.4 is 5.32 Å². The molecule has 0 atom stereocenters. The van der Waals surface area contributed by atoms with Crippen LogP contribution in [-0.4, -0.2) is 55.9 Å². The van der Waals surface area contributed by atoms with Crippen LogP contribution in [0.1, 0.15) is 5.56 Å². The molecule has 0 aliphatic carbocycles. The van der Waals surface area contributed by atoms with Crippen LogP contribution in [-0.2, 0) is 9.53 Å². The summed E-state index contributed by atoms with van der Waals surface area (Å²) in [7, 11) is 0. The summed E-state index contributed by atoms with van der Waals surface area (Å²) >= 11 is 0. The average Bonchev–Trinajstić information content (AvgIpc) is 2.76. The lowest BCUT2D eigenvalue weighted by molar-refractivity contribution is -0.110. The summed E-state index contributed by atoms with van der Waals surface area (Å²) in [5.74, 6) is -0.0943. The Morgan fingerprint density at radius 1 is 1.26 bits per heavy atom. The largest absolute Gasteiger partial charge is 0.379 e. The van der Waals surface area contributed by atoms with Crippen molar-refractivity contribution < 1.29 is 9.53 Å². The quantitative estimate of drug-likeness (QED) is 0.872. The van der Waals surface area contributed by atoms with E-state index in [0.29, 0.717) is 12.3 Å². The summed E-state index contributed by atoms with van der Waals surface area (Å²) in [4.78, 5) is 18.6. The van der Waals surface area contributed by atoms with Crippen molar-refractivity contribution in [3.8, 4) is 0 Å². The SMILES string of the molecule is O=C1Nc2ccccc2C1=NCCN1CCOCC1. The molecule has 0 saturated carbocycles. The first kappa shape index (κ1) is 12.3. The zero-order valence-electron chi connectivity index (χ0n) is 10.8. The van der Waals surface area contributed by atoms with E-state index in [4.69, 9.17) is 4.74 Å². The number of carbonyl (C=O) groups is 1. The monoisotopic (exact) mass is 259 g/mol. The fraction of sp³-hybridized carbons (Fsp3) is 0.429. The molecule has 100 valence electrons. The maximum atomic E-state index is 11.8. The molecule has 1 aromatic carbocycles. The van der Waals surface area contributed by atoms with E-state index in [9.17, 15) is 4.79 Å². The van der Waals surface area contributed by atoms with Gasteiger partial charge >= 0.3 is 0 Å². The average molecular weight is 259 g/mol. The molecule has 1 aromatic rings. The van der Waals surface area contributed by atoms with Crippen LogP contribution in [0, 0.1) is 0 Å². The van der Waals surface area contributed by atoms with Crippen LogP contribution in [0.5, 0.6) is 0 Å². The number of amides is 1. The van der Waals surface area contributed by atoms with Crippen LogP contribution in [0.3, 0.4) is 0 Å². The third kappa shape index (κ3) is 2.67. The fourth-order valence-corrected chi connectivity index (χ4v) is 2.39. The molecular weight excluding hydrogens is 242 g/mol. The van der Waals surface area contributed by atoms with Crippen LogP contribution in [0.15, 0.2) is 29.3 Å². The molecule has 1 saturated heterocycles. The molecule has 1 fully saturated rings. The van der Waals surface area contributed by atoms with Gasteiger partial charge in [-0.25, -0.2) is 0 Å². The highest BCUT2D eigenvalue weighted by Crippen LogP contribution is 2.22. The highest BCUT2D eigenvalue weighted by molar-refractivity contribution is 6.53. The predicted octanol–water partition coefficient (Wildman–Crippen LogP) is 0.760. The number of morpholine rings is 1. The number of aliphatic imine (C=N–C) groups is 1. The van der Waals surface area contributed by atoms with E-state index in [1.807, 2.05) is 24.3 Å². The van der Waals surface area contributed by atoms with E-state index >= 15 is 0 Å². The van der Waals surface area contributed by atoms with Gasteiger partial charge in [-0.1, -0.05) is 18.2 Å². The Morgan fingerprint density at radius 3 is 2.89 bits per heavy atom. The Balaban J connectivity index is 1.65. The molecule has 0 bridgehead atoms. The van der Waals surface area contributed by atoms with Crippen molar-refractivity contribution in [1.82, 2.24) is 4.90 Å². The highest BCUT2D eigenvalue weighted by Gasteiger charge is 2.24. The Labute approximate surface area is 112 Å². The summed E-state index contributed by atoms with van der Waals surface area (Å²) in [5, 5.41) is 2.83. The molecule has 1 amide bonds. The minimum Gasteiger partial charge on any atom is -0.379 e. The van der Waals surface area contributed by atoms with Crippen molar-refractivity contribution in [3.05, 3.63) is 29.8 Å². The van der Waals surface area contributed by atoms with E-state index in [0.717, 1.165) is 44.1 Å². The minimum atomic E-state index is -0.0943. The van der Waals surface area contributed by atoms with Crippen LogP contribution >= 0.6 is 0 Å². The molecule has 5 nitrogen and oxygen atoms in total. The van der Waals surface area contributed by atoms with Crippen molar-refractivity contribution in [3.63, 3.8) is 0 Å². The van der Waals surface area contributed by atoms with Gasteiger partial charge in [0.15, 0.2) is 0 Å². The standard InChI is InChI=1S/C14H17N3O2/c18-14-13(11-3-1-2-4-12(11)16-14)15-5-6-17-7-9-19-10-8-17/h1-4H,5-10H2,(H,15,16,18). The molecule has 5 heteroatoms. The lowest BCUT2D eigenvalue weighted by atomic mass is 10.1. The number of hydrogen-bond acceptors (Lipinski definition) is 4. The van der Waals surface area contributed by atoms with Gasteiger partial charge in [-0.2, -0.15) is 0 Å². The highest BCUT2D eigenvalue weighted by atomic mass is 16.5. The first-order chi connectivity index (χ1) is 9.34. The van der Waals surface area contributed by atoms with Crippen molar-refractivity contribution >= 4 is 17.3 Å². The Morgan fingerprint density at radius 2 is 2.05 bits per heavy atom. The predicted molar refractivity (Wildman–Crippen MR) is 73.7 cm³/mol. The molecular formula is C14H17N3O2. The molecule has 19 heavy (non-hydrogen) atoms. The third-order valence-corrected chi connectivity index (χ3v) is 3.44. The van der Waals surface area contributed by atoms with Crippen LogP contribution in [0.4, 0.5) is 5.69 Å². The van der Waals surface area contributed by atoms with Gasteiger partial charge in [-0.3, -0.25) is 14.7 Å². The van der Waals surface area contributed by atoms with Crippen molar-refractivity contribution in [1.29, 1.82) is 0 Å². The maximum absolute atomic E-state index is 11.8. The van der Waals surface area contributed by atoms with E-state index in [-0.39, 0.29) is 5.91 Å². The second kappa shape index (κ2) is 5.50. The van der Waals surface area contributed by atoms with Gasteiger partial charge in [0.2, 0.25) is 0 Å². The number of rotatable bonds is 3. The normalized spacial score (nSPS) is 21.5. The molecule has 3 rings (SSSR count). The fourth-order valence-electron chi connectivity index (χ4n) is 2.39. The minimum absolute atomic E-state index is 0.0943. The van der Waals surface area contributed by atoms with Gasteiger partial charge < -0.3 is 10.1 Å². The lowest BCUT2D eigenvalue weighted by Crippen LogP contribution is -2.37. The zero-order chi connectivity index (χ0) is 13.1. The van der Waals surface area contributed by atoms with E-state index < -0.39 is 0 Å². The number of para-hydroxylation sites is 1. The second-order valence-corrected chi connectivity index (χ2v) is 4.68. The molecule has 2 aliphatic rings. The molecule has 2 aliphatic heterocycles.